The predicted molar refractivity (Wildman–Crippen MR) is 157 cm³/mol. The van der Waals surface area contributed by atoms with E-state index in [9.17, 15) is 19.2 Å². The summed E-state index contributed by atoms with van der Waals surface area (Å²) in [6, 6.07) is 17.3. The first kappa shape index (κ1) is 26.8. The molecule has 2 amide bonds. The number of amides is 2. The SMILES string of the molecule is CN(C)c1ccc2c(c1)[Si](C)(C)c1cc(N(C)C)ccc1C21OC(=O)c2cc(C(=O)ON3C(=O)CCC3=O)ccc21. The Kier molecular flexibility index (Phi) is 5.90. The van der Waals surface area contributed by atoms with Crippen LogP contribution >= 0.6 is 0 Å². The topological polar surface area (TPSA) is 96.5 Å². The largest absolute Gasteiger partial charge is 0.441 e. The number of ether oxygens (including phenoxy) is 1. The third kappa shape index (κ3) is 3.81. The highest BCUT2D eigenvalue weighted by molar-refractivity contribution is 7.01. The number of carbonyl (C=O) groups is 4. The van der Waals surface area contributed by atoms with Gasteiger partial charge in [0.05, 0.1) is 11.1 Å². The zero-order chi connectivity index (χ0) is 29.4. The lowest BCUT2D eigenvalue weighted by molar-refractivity contribution is -0.172. The number of hydroxylamine groups is 2. The summed E-state index contributed by atoms with van der Waals surface area (Å²) in [7, 11) is 5.73. The summed E-state index contributed by atoms with van der Waals surface area (Å²) in [5.74, 6) is -2.59. The molecule has 3 aliphatic rings. The van der Waals surface area contributed by atoms with Gasteiger partial charge in [0, 0.05) is 69.1 Å². The number of esters is 1. The van der Waals surface area contributed by atoms with E-state index in [0.717, 1.165) is 22.5 Å². The molecule has 3 aromatic carbocycles. The van der Waals surface area contributed by atoms with Crippen molar-refractivity contribution in [2.24, 2.45) is 0 Å². The molecule has 6 rings (SSSR count). The van der Waals surface area contributed by atoms with Crippen LogP contribution < -0.4 is 20.2 Å². The summed E-state index contributed by atoms with van der Waals surface area (Å²) in [5.41, 5.74) is 3.67. The molecular formula is C31H31N3O6Si. The Morgan fingerprint density at radius 3 is 1.83 bits per heavy atom. The number of hydrogen-bond acceptors (Lipinski definition) is 8. The fourth-order valence-corrected chi connectivity index (χ4v) is 9.32. The second-order valence-electron chi connectivity index (χ2n) is 11.7. The fraction of sp³-hybridized carbons (Fsp3) is 0.290. The Hall–Kier alpha value is -4.44. The Morgan fingerprint density at radius 2 is 1.32 bits per heavy atom. The van der Waals surface area contributed by atoms with Gasteiger partial charge in [0.15, 0.2) is 5.60 Å². The molecule has 3 aliphatic heterocycles. The zero-order valence-corrected chi connectivity index (χ0v) is 24.9. The molecule has 0 unspecified atom stereocenters. The molecular weight excluding hydrogens is 538 g/mol. The van der Waals surface area contributed by atoms with Gasteiger partial charge >= 0.3 is 11.9 Å². The van der Waals surface area contributed by atoms with Gasteiger partial charge in [0.25, 0.3) is 11.8 Å². The maximum absolute atomic E-state index is 13.6. The molecule has 1 saturated heterocycles. The summed E-state index contributed by atoms with van der Waals surface area (Å²) in [6.07, 6.45) is -0.0105. The summed E-state index contributed by atoms with van der Waals surface area (Å²) in [4.78, 5) is 59.7. The van der Waals surface area contributed by atoms with Crippen molar-refractivity contribution in [1.29, 1.82) is 0 Å². The minimum Gasteiger partial charge on any atom is -0.441 e. The van der Waals surface area contributed by atoms with Crippen molar-refractivity contribution in [3.63, 3.8) is 0 Å². The first-order chi connectivity index (χ1) is 19.4. The average Bonchev–Trinajstić information content (AvgIpc) is 3.42. The maximum Gasteiger partial charge on any atom is 0.363 e. The summed E-state index contributed by atoms with van der Waals surface area (Å²) in [5, 5.41) is 2.84. The molecule has 1 spiro atoms. The van der Waals surface area contributed by atoms with E-state index < -0.39 is 37.4 Å². The Bertz CT molecular complexity index is 1600. The molecule has 0 radical (unpaired) electrons. The van der Waals surface area contributed by atoms with E-state index >= 15 is 0 Å². The third-order valence-corrected chi connectivity index (χ3v) is 11.9. The van der Waals surface area contributed by atoms with Crippen LogP contribution in [0.4, 0.5) is 11.4 Å². The third-order valence-electron chi connectivity index (χ3n) is 8.42. The van der Waals surface area contributed by atoms with E-state index in [1.165, 1.54) is 16.4 Å². The molecule has 0 bridgehead atoms. The van der Waals surface area contributed by atoms with Crippen LogP contribution in [0.25, 0.3) is 0 Å². The smallest absolute Gasteiger partial charge is 0.363 e. The summed E-state index contributed by atoms with van der Waals surface area (Å²) >= 11 is 0. The molecule has 0 N–H and O–H groups in total. The molecule has 9 nitrogen and oxygen atoms in total. The zero-order valence-electron chi connectivity index (χ0n) is 23.9. The molecule has 0 saturated carbocycles. The summed E-state index contributed by atoms with van der Waals surface area (Å²) < 4.78 is 6.39. The van der Waals surface area contributed by atoms with Gasteiger partial charge in [-0.3, -0.25) is 9.59 Å². The number of fused-ring (bicyclic) bond motifs is 6. The van der Waals surface area contributed by atoms with Crippen LogP contribution in [-0.2, 0) is 24.8 Å². The van der Waals surface area contributed by atoms with Crippen LogP contribution in [0.5, 0.6) is 0 Å². The second-order valence-corrected chi connectivity index (χ2v) is 16.0. The first-order valence-corrected chi connectivity index (χ1v) is 16.5. The van der Waals surface area contributed by atoms with Crippen LogP contribution in [0.2, 0.25) is 13.1 Å². The average molecular weight is 570 g/mol. The first-order valence-electron chi connectivity index (χ1n) is 13.5. The van der Waals surface area contributed by atoms with Gasteiger partial charge < -0.3 is 19.4 Å². The lowest BCUT2D eigenvalue weighted by Gasteiger charge is -2.44. The van der Waals surface area contributed by atoms with Crippen molar-refractivity contribution >= 4 is 53.6 Å². The normalized spacial score (nSPS) is 17.6. The highest BCUT2D eigenvalue weighted by Gasteiger charge is 2.56. The van der Waals surface area contributed by atoms with Gasteiger partial charge in [0.2, 0.25) is 0 Å². The van der Waals surface area contributed by atoms with Crippen molar-refractivity contribution in [2.45, 2.75) is 31.5 Å². The highest BCUT2D eigenvalue weighted by Crippen LogP contribution is 2.49. The van der Waals surface area contributed by atoms with Gasteiger partial charge in [-0.25, -0.2) is 9.59 Å². The Balaban J connectivity index is 1.54. The van der Waals surface area contributed by atoms with Gasteiger partial charge in [-0.2, -0.15) is 0 Å². The van der Waals surface area contributed by atoms with Crippen LogP contribution in [0, 0.1) is 0 Å². The Morgan fingerprint density at radius 1 is 0.805 bits per heavy atom. The fourth-order valence-electron chi connectivity index (χ4n) is 6.15. The van der Waals surface area contributed by atoms with Crippen molar-refractivity contribution in [1.82, 2.24) is 5.06 Å². The van der Waals surface area contributed by atoms with E-state index in [1.54, 1.807) is 12.1 Å². The minimum atomic E-state index is -2.27. The molecule has 3 heterocycles. The molecule has 0 aliphatic carbocycles. The van der Waals surface area contributed by atoms with Gasteiger partial charge in [0.1, 0.15) is 8.07 Å². The lowest BCUT2D eigenvalue weighted by atomic mass is 9.78. The predicted octanol–water partition coefficient (Wildman–Crippen LogP) is 2.64. The molecule has 0 atom stereocenters. The van der Waals surface area contributed by atoms with E-state index in [4.69, 9.17) is 9.57 Å². The van der Waals surface area contributed by atoms with Crippen molar-refractivity contribution in [3.8, 4) is 0 Å². The van der Waals surface area contributed by atoms with Gasteiger partial charge in [-0.1, -0.05) is 31.3 Å². The monoisotopic (exact) mass is 569 g/mol. The van der Waals surface area contributed by atoms with Gasteiger partial charge in [-0.05, 0) is 46.8 Å². The number of benzene rings is 3. The van der Waals surface area contributed by atoms with Crippen LogP contribution in [0.1, 0.15) is 50.2 Å². The van der Waals surface area contributed by atoms with Gasteiger partial charge in [-0.15, -0.1) is 5.06 Å². The quantitative estimate of drug-likeness (QED) is 0.269. The van der Waals surface area contributed by atoms with Crippen LogP contribution in [-0.4, -0.2) is 65.1 Å². The Labute approximate surface area is 239 Å². The summed E-state index contributed by atoms with van der Waals surface area (Å²) in [6.45, 7) is 4.63. The number of nitrogens with zero attached hydrogens (tertiary/aromatic N) is 3. The molecule has 10 heteroatoms. The van der Waals surface area contributed by atoms with Crippen molar-refractivity contribution in [3.05, 3.63) is 82.4 Å². The standard InChI is InChI=1S/C31H31N3O6Si/c1-32(2)19-8-11-23-25(16-19)41(5,6)26-17-20(33(3)4)9-12-24(26)31(23)22-10-7-18(15-21(22)30(38)39-31)29(37)40-34-27(35)13-14-28(34)36/h7-12,15-17H,13-14H2,1-6H3. The molecule has 210 valence electrons. The maximum atomic E-state index is 13.6. The number of anilines is 2. The molecule has 3 aromatic rings. The van der Waals surface area contributed by atoms with Crippen LogP contribution in [0.3, 0.4) is 0 Å². The van der Waals surface area contributed by atoms with E-state index in [2.05, 4.69) is 47.2 Å². The van der Waals surface area contributed by atoms with E-state index in [1.807, 2.05) is 40.3 Å². The number of imide groups is 1. The van der Waals surface area contributed by atoms with E-state index in [0.29, 0.717) is 10.6 Å². The lowest BCUT2D eigenvalue weighted by Crippen LogP contribution is -2.63. The van der Waals surface area contributed by atoms with Crippen LogP contribution in [0.15, 0.2) is 54.6 Å². The second kappa shape index (κ2) is 9.03. The number of carbonyl (C=O) groups excluding carboxylic acids is 4. The molecule has 0 aromatic heterocycles. The number of rotatable bonds is 4. The van der Waals surface area contributed by atoms with Crippen molar-refractivity contribution < 1.29 is 28.8 Å². The van der Waals surface area contributed by atoms with E-state index in [-0.39, 0.29) is 24.0 Å². The van der Waals surface area contributed by atoms with Crippen molar-refractivity contribution in [2.75, 3.05) is 38.0 Å². The minimum absolute atomic E-state index is 0.00526. The molecule has 41 heavy (non-hydrogen) atoms. The highest BCUT2D eigenvalue weighted by atomic mass is 28.3. The molecule has 1 fully saturated rings. The number of hydrogen-bond donors (Lipinski definition) is 0.